The van der Waals surface area contributed by atoms with E-state index in [2.05, 4.69) is 10.3 Å². The molecule has 0 fully saturated rings. The second kappa shape index (κ2) is 6.78. The smallest absolute Gasteiger partial charge is 0.325 e. The number of aromatic nitrogens is 2. The van der Waals surface area contributed by atoms with Gasteiger partial charge >= 0.3 is 6.18 Å². The summed E-state index contributed by atoms with van der Waals surface area (Å²) in [6, 6.07) is 5.37. The van der Waals surface area contributed by atoms with Crippen molar-refractivity contribution in [2.45, 2.75) is 12.7 Å². The number of carbonyl (C=O) groups is 1. The van der Waals surface area contributed by atoms with Crippen LogP contribution >= 0.6 is 0 Å². The van der Waals surface area contributed by atoms with Crippen molar-refractivity contribution in [1.29, 1.82) is 0 Å². The zero-order chi connectivity index (χ0) is 19.8. The molecule has 0 aliphatic rings. The molecule has 0 aliphatic carbocycles. The molecule has 1 heterocycles. The van der Waals surface area contributed by atoms with E-state index < -0.39 is 41.4 Å². The summed E-state index contributed by atoms with van der Waals surface area (Å²) in [5.41, 5.74) is -2.28. The first-order valence-electron chi connectivity index (χ1n) is 7.46. The van der Waals surface area contributed by atoms with Crippen molar-refractivity contribution in [3.63, 3.8) is 0 Å². The van der Waals surface area contributed by atoms with Crippen LogP contribution < -0.4 is 10.9 Å². The number of nitrogens with one attached hydrogen (secondary N) is 1. The second-order valence-electron chi connectivity index (χ2n) is 5.58. The molecule has 3 aromatic rings. The molecule has 0 spiro atoms. The lowest BCUT2D eigenvalue weighted by molar-refractivity contribution is -0.140. The number of benzene rings is 2. The van der Waals surface area contributed by atoms with Crippen LogP contribution in [0.2, 0.25) is 0 Å². The van der Waals surface area contributed by atoms with Gasteiger partial charge in [-0.1, -0.05) is 0 Å². The Morgan fingerprint density at radius 1 is 1.11 bits per heavy atom. The molecular formula is C17H10F5N3O2. The quantitative estimate of drug-likeness (QED) is 0.706. The SMILES string of the molecule is O=C(Cn1cnc2ccc(F)cc2c1=O)Nc1ccc(F)c(C(F)(F)F)c1. The van der Waals surface area contributed by atoms with Gasteiger partial charge in [-0.15, -0.1) is 0 Å². The van der Waals surface area contributed by atoms with Gasteiger partial charge in [-0.2, -0.15) is 13.2 Å². The molecule has 0 unspecified atom stereocenters. The highest BCUT2D eigenvalue weighted by Gasteiger charge is 2.34. The van der Waals surface area contributed by atoms with Gasteiger partial charge in [0.15, 0.2) is 0 Å². The van der Waals surface area contributed by atoms with Crippen molar-refractivity contribution in [3.8, 4) is 0 Å². The monoisotopic (exact) mass is 383 g/mol. The van der Waals surface area contributed by atoms with Crippen LogP contribution in [0.3, 0.4) is 0 Å². The number of halogens is 5. The van der Waals surface area contributed by atoms with Crippen molar-refractivity contribution in [3.05, 3.63) is 70.3 Å². The van der Waals surface area contributed by atoms with Gasteiger partial charge in [-0.3, -0.25) is 14.2 Å². The van der Waals surface area contributed by atoms with Crippen molar-refractivity contribution in [2.75, 3.05) is 5.32 Å². The van der Waals surface area contributed by atoms with Gasteiger partial charge in [0, 0.05) is 5.69 Å². The minimum atomic E-state index is -4.92. The van der Waals surface area contributed by atoms with Gasteiger partial charge < -0.3 is 5.32 Å². The summed E-state index contributed by atoms with van der Waals surface area (Å²) in [6.45, 7) is -0.572. The number of hydrogen-bond acceptors (Lipinski definition) is 3. The van der Waals surface area contributed by atoms with Gasteiger partial charge in [0.05, 0.1) is 22.8 Å². The van der Waals surface area contributed by atoms with Crippen LogP contribution in [0.15, 0.2) is 47.5 Å². The normalized spacial score (nSPS) is 11.6. The number of fused-ring (bicyclic) bond motifs is 1. The molecule has 0 saturated heterocycles. The molecule has 0 aliphatic heterocycles. The third-order valence-corrected chi connectivity index (χ3v) is 3.66. The van der Waals surface area contributed by atoms with E-state index in [-0.39, 0.29) is 16.6 Å². The Hall–Kier alpha value is -3.30. The highest BCUT2D eigenvalue weighted by molar-refractivity contribution is 5.90. The Morgan fingerprint density at radius 3 is 2.56 bits per heavy atom. The topological polar surface area (TPSA) is 64.0 Å². The fraction of sp³-hybridized carbons (Fsp3) is 0.118. The summed E-state index contributed by atoms with van der Waals surface area (Å²) < 4.78 is 65.6. The molecule has 140 valence electrons. The third kappa shape index (κ3) is 3.94. The summed E-state index contributed by atoms with van der Waals surface area (Å²) in [5, 5.41) is 2.10. The summed E-state index contributed by atoms with van der Waals surface area (Å²) in [7, 11) is 0. The number of amides is 1. The first kappa shape index (κ1) is 18.5. The molecule has 1 amide bonds. The van der Waals surface area contributed by atoms with Gasteiger partial charge in [0.1, 0.15) is 18.2 Å². The lowest BCUT2D eigenvalue weighted by Crippen LogP contribution is -2.28. The second-order valence-corrected chi connectivity index (χ2v) is 5.58. The zero-order valence-electron chi connectivity index (χ0n) is 13.3. The highest BCUT2D eigenvalue weighted by atomic mass is 19.4. The van der Waals surface area contributed by atoms with Gasteiger partial charge in [0.2, 0.25) is 5.91 Å². The lowest BCUT2D eigenvalue weighted by atomic mass is 10.2. The molecule has 0 bridgehead atoms. The van der Waals surface area contributed by atoms with Gasteiger partial charge in [0.25, 0.3) is 5.56 Å². The predicted molar refractivity (Wildman–Crippen MR) is 86.0 cm³/mol. The predicted octanol–water partition coefficient (Wildman–Crippen LogP) is 3.33. The number of rotatable bonds is 3. The van der Waals surface area contributed by atoms with Crippen LogP contribution in [-0.4, -0.2) is 15.5 Å². The Morgan fingerprint density at radius 2 is 1.85 bits per heavy atom. The lowest BCUT2D eigenvalue weighted by Gasteiger charge is -2.11. The maximum atomic E-state index is 13.3. The van der Waals surface area contributed by atoms with E-state index in [0.717, 1.165) is 29.1 Å². The number of anilines is 1. The highest BCUT2D eigenvalue weighted by Crippen LogP contribution is 2.32. The number of nitrogens with zero attached hydrogens (tertiary/aromatic N) is 2. The summed E-state index contributed by atoms with van der Waals surface area (Å²) in [4.78, 5) is 28.2. The van der Waals surface area contributed by atoms with Crippen LogP contribution in [-0.2, 0) is 17.5 Å². The Balaban J connectivity index is 1.84. The van der Waals surface area contributed by atoms with Crippen molar-refractivity contribution in [2.24, 2.45) is 0 Å². The minimum Gasteiger partial charge on any atom is -0.325 e. The van der Waals surface area contributed by atoms with E-state index in [1.165, 1.54) is 6.07 Å². The molecule has 2 aromatic carbocycles. The Bertz CT molecular complexity index is 1090. The third-order valence-electron chi connectivity index (χ3n) is 3.66. The molecular weight excluding hydrogens is 373 g/mol. The van der Waals surface area contributed by atoms with Crippen molar-refractivity contribution < 1.29 is 26.7 Å². The standard InChI is InChI=1S/C17H10F5N3O2/c18-9-1-4-14-11(5-9)16(27)25(8-23-14)7-15(26)24-10-2-3-13(19)12(6-10)17(20,21)22/h1-6,8H,7H2,(H,24,26). The first-order valence-corrected chi connectivity index (χ1v) is 7.46. The maximum absolute atomic E-state index is 13.3. The number of alkyl halides is 3. The molecule has 5 nitrogen and oxygen atoms in total. The summed E-state index contributed by atoms with van der Waals surface area (Å²) in [5.74, 6) is -2.97. The van der Waals surface area contributed by atoms with E-state index in [0.29, 0.717) is 12.1 Å². The first-order chi connectivity index (χ1) is 12.6. The van der Waals surface area contributed by atoms with E-state index >= 15 is 0 Å². The average molecular weight is 383 g/mol. The van der Waals surface area contributed by atoms with E-state index in [9.17, 15) is 31.5 Å². The molecule has 10 heteroatoms. The van der Waals surface area contributed by atoms with Crippen LogP contribution in [0.1, 0.15) is 5.56 Å². The largest absolute Gasteiger partial charge is 0.419 e. The van der Waals surface area contributed by atoms with Crippen molar-refractivity contribution >= 4 is 22.5 Å². The minimum absolute atomic E-state index is 0.0496. The molecule has 3 rings (SSSR count). The molecule has 1 N–H and O–H groups in total. The Kier molecular flexibility index (Phi) is 4.64. The fourth-order valence-electron chi connectivity index (χ4n) is 2.42. The van der Waals surface area contributed by atoms with E-state index in [1.54, 1.807) is 0 Å². The molecule has 0 saturated carbocycles. The van der Waals surface area contributed by atoms with Gasteiger partial charge in [-0.25, -0.2) is 13.8 Å². The summed E-state index contributed by atoms with van der Waals surface area (Å²) >= 11 is 0. The Labute approximate surface area is 148 Å². The van der Waals surface area contributed by atoms with E-state index in [1.807, 2.05) is 0 Å². The van der Waals surface area contributed by atoms with Crippen LogP contribution in [0.5, 0.6) is 0 Å². The number of hydrogen-bond donors (Lipinski definition) is 1. The van der Waals surface area contributed by atoms with E-state index in [4.69, 9.17) is 0 Å². The average Bonchev–Trinajstić information content (AvgIpc) is 2.58. The molecule has 0 radical (unpaired) electrons. The van der Waals surface area contributed by atoms with Crippen LogP contribution in [0.25, 0.3) is 10.9 Å². The molecule has 27 heavy (non-hydrogen) atoms. The molecule has 1 aromatic heterocycles. The number of carbonyl (C=O) groups excluding carboxylic acids is 1. The summed E-state index contributed by atoms with van der Waals surface area (Å²) in [6.07, 6.45) is -3.86. The zero-order valence-corrected chi connectivity index (χ0v) is 13.3. The molecule has 0 atom stereocenters. The van der Waals surface area contributed by atoms with Crippen LogP contribution in [0.4, 0.5) is 27.6 Å². The van der Waals surface area contributed by atoms with Crippen molar-refractivity contribution in [1.82, 2.24) is 9.55 Å². The maximum Gasteiger partial charge on any atom is 0.419 e. The van der Waals surface area contributed by atoms with Crippen LogP contribution in [0, 0.1) is 11.6 Å². The van der Waals surface area contributed by atoms with Gasteiger partial charge in [-0.05, 0) is 36.4 Å². The fourth-order valence-corrected chi connectivity index (χ4v) is 2.42.